The molecule has 2 aromatic carbocycles. The number of hydrogen-bond donors (Lipinski definition) is 2. The summed E-state index contributed by atoms with van der Waals surface area (Å²) < 4.78 is 53.2. The second-order valence-corrected chi connectivity index (χ2v) is 10.9. The van der Waals surface area contributed by atoms with E-state index in [1.807, 2.05) is 37.4 Å². The van der Waals surface area contributed by atoms with E-state index in [4.69, 9.17) is 18.9 Å². The maximum atomic E-state index is 13.0. The maximum absolute atomic E-state index is 13.0. The lowest BCUT2D eigenvalue weighted by atomic mass is 10.1. The van der Waals surface area contributed by atoms with E-state index in [9.17, 15) is 8.42 Å². The first-order valence-electron chi connectivity index (χ1n) is 12.1. The molecule has 0 fully saturated rings. The Morgan fingerprint density at radius 2 is 1.70 bits per heavy atom. The van der Waals surface area contributed by atoms with Gasteiger partial charge in [0.05, 0.1) is 5.56 Å². The van der Waals surface area contributed by atoms with Crippen LogP contribution in [0, 0.1) is 6.92 Å². The van der Waals surface area contributed by atoms with E-state index >= 15 is 0 Å². The zero-order chi connectivity index (χ0) is 28.0. The molecule has 14 heteroatoms. The molecule has 3 heterocycles. The van der Waals surface area contributed by atoms with E-state index in [0.717, 1.165) is 10.5 Å². The van der Waals surface area contributed by atoms with Crippen molar-refractivity contribution in [1.82, 2.24) is 24.7 Å². The van der Waals surface area contributed by atoms with Crippen LogP contribution in [0.5, 0.6) is 23.4 Å². The molecule has 0 aliphatic carbocycles. The lowest BCUT2D eigenvalue weighted by Crippen LogP contribution is -2.30. The first kappa shape index (κ1) is 27.4. The highest BCUT2D eigenvalue weighted by Crippen LogP contribution is 2.35. The standard InChI is InChI=1S/C26H26N6O6S2/c1-17-3-6-19(7-4-17)23-24(32-40(33,34)31-12-18-5-8-21-22(11-18)38-16-37-21)29-15-30-25(23)35-9-10-36-26-27-13-20(39-2)14-28-26/h3-8,11,13-15,31H,9-10,12,16H2,1-2H3,(H,29,30,32). The SMILES string of the molecule is CSc1cnc(OCCOc2ncnc(NS(=O)(=O)NCc3ccc4c(c3)OCO4)c2-c2ccc(C)cc2)nc1. The summed E-state index contributed by atoms with van der Waals surface area (Å²) in [6.07, 6.45) is 6.51. The highest BCUT2D eigenvalue weighted by Gasteiger charge is 2.21. The van der Waals surface area contributed by atoms with E-state index in [-0.39, 0.29) is 44.3 Å². The highest BCUT2D eigenvalue weighted by molar-refractivity contribution is 7.98. The number of hydrogen-bond acceptors (Lipinski definition) is 11. The van der Waals surface area contributed by atoms with Crippen LogP contribution in [-0.4, -0.2) is 54.6 Å². The smallest absolute Gasteiger partial charge is 0.316 e. The van der Waals surface area contributed by atoms with Gasteiger partial charge in [0.1, 0.15) is 19.5 Å². The van der Waals surface area contributed by atoms with Gasteiger partial charge >= 0.3 is 16.2 Å². The fourth-order valence-corrected chi connectivity index (χ4v) is 4.84. The van der Waals surface area contributed by atoms with Crippen LogP contribution >= 0.6 is 11.8 Å². The Morgan fingerprint density at radius 3 is 2.48 bits per heavy atom. The molecule has 2 N–H and O–H groups in total. The van der Waals surface area contributed by atoms with E-state index in [2.05, 4.69) is 29.4 Å². The number of benzene rings is 2. The average Bonchev–Trinajstić information content (AvgIpc) is 3.43. The minimum atomic E-state index is -4.03. The van der Waals surface area contributed by atoms with Gasteiger partial charge in [-0.15, -0.1) is 11.8 Å². The fraction of sp³-hybridized carbons (Fsp3) is 0.231. The van der Waals surface area contributed by atoms with Gasteiger partial charge in [-0.25, -0.2) is 19.9 Å². The molecule has 0 radical (unpaired) electrons. The molecule has 0 unspecified atom stereocenters. The van der Waals surface area contributed by atoms with Crippen LogP contribution in [0.15, 0.2) is 66.1 Å². The van der Waals surface area contributed by atoms with Gasteiger partial charge in [-0.2, -0.15) is 13.1 Å². The molecule has 5 rings (SSSR count). The molecule has 12 nitrogen and oxygen atoms in total. The number of nitrogens with zero attached hydrogens (tertiary/aromatic N) is 4. The second kappa shape index (κ2) is 12.4. The van der Waals surface area contributed by atoms with Crippen LogP contribution in [0.25, 0.3) is 11.1 Å². The van der Waals surface area contributed by atoms with Crippen molar-refractivity contribution in [2.45, 2.75) is 18.4 Å². The number of fused-ring (bicyclic) bond motifs is 1. The predicted molar refractivity (Wildman–Crippen MR) is 149 cm³/mol. The summed E-state index contributed by atoms with van der Waals surface area (Å²) in [5.74, 6) is 1.43. The number of aryl methyl sites for hydroxylation is 1. The molecule has 0 bridgehead atoms. The molecule has 40 heavy (non-hydrogen) atoms. The molecular formula is C26H26N6O6S2. The number of nitrogens with one attached hydrogen (secondary N) is 2. The molecule has 0 atom stereocenters. The van der Waals surface area contributed by atoms with Gasteiger partial charge in [0, 0.05) is 23.8 Å². The van der Waals surface area contributed by atoms with Crippen LogP contribution in [0.3, 0.4) is 0 Å². The Labute approximate surface area is 235 Å². The van der Waals surface area contributed by atoms with Gasteiger partial charge in [0.2, 0.25) is 12.7 Å². The minimum Gasteiger partial charge on any atom is -0.473 e. The third-order valence-corrected chi connectivity index (χ3v) is 7.35. The normalized spacial score (nSPS) is 12.2. The van der Waals surface area contributed by atoms with Gasteiger partial charge in [-0.3, -0.25) is 4.72 Å². The van der Waals surface area contributed by atoms with Gasteiger partial charge in [0.15, 0.2) is 17.3 Å². The fourth-order valence-electron chi connectivity index (χ4n) is 3.68. The molecule has 208 valence electrons. The number of aromatic nitrogens is 4. The van der Waals surface area contributed by atoms with Crippen LogP contribution in [0.2, 0.25) is 0 Å². The summed E-state index contributed by atoms with van der Waals surface area (Å²) in [7, 11) is -4.03. The van der Waals surface area contributed by atoms with Crippen LogP contribution in [0.1, 0.15) is 11.1 Å². The number of rotatable bonds is 12. The van der Waals surface area contributed by atoms with Crippen molar-refractivity contribution in [3.63, 3.8) is 0 Å². The molecule has 0 saturated heterocycles. The lowest BCUT2D eigenvalue weighted by Gasteiger charge is -2.16. The Hall–Kier alpha value is -4.14. The summed E-state index contributed by atoms with van der Waals surface area (Å²) >= 11 is 1.53. The van der Waals surface area contributed by atoms with E-state index in [1.54, 1.807) is 30.6 Å². The monoisotopic (exact) mass is 582 g/mol. The molecular weight excluding hydrogens is 556 g/mol. The van der Waals surface area contributed by atoms with E-state index in [1.165, 1.54) is 18.1 Å². The van der Waals surface area contributed by atoms with Crippen molar-refractivity contribution in [3.8, 4) is 34.5 Å². The zero-order valence-electron chi connectivity index (χ0n) is 21.7. The Bertz CT molecular complexity index is 1570. The average molecular weight is 583 g/mol. The van der Waals surface area contributed by atoms with Crippen molar-refractivity contribution in [3.05, 3.63) is 72.3 Å². The molecule has 0 amide bonds. The number of anilines is 1. The third-order valence-electron chi connectivity index (χ3n) is 5.68. The summed E-state index contributed by atoms with van der Waals surface area (Å²) in [4.78, 5) is 17.7. The van der Waals surface area contributed by atoms with Crippen molar-refractivity contribution in [2.75, 3.05) is 31.0 Å². The Morgan fingerprint density at radius 1 is 0.950 bits per heavy atom. The van der Waals surface area contributed by atoms with Crippen molar-refractivity contribution < 1.29 is 27.4 Å². The van der Waals surface area contributed by atoms with E-state index in [0.29, 0.717) is 28.2 Å². The molecule has 4 aromatic rings. The van der Waals surface area contributed by atoms with Crippen molar-refractivity contribution in [2.24, 2.45) is 0 Å². The van der Waals surface area contributed by atoms with Crippen molar-refractivity contribution in [1.29, 1.82) is 0 Å². The molecule has 1 aliphatic rings. The van der Waals surface area contributed by atoms with Gasteiger partial charge in [0.25, 0.3) is 0 Å². The van der Waals surface area contributed by atoms with E-state index < -0.39 is 10.2 Å². The van der Waals surface area contributed by atoms with Crippen LogP contribution < -0.4 is 28.4 Å². The molecule has 2 aromatic heterocycles. The van der Waals surface area contributed by atoms with Gasteiger partial charge in [-0.1, -0.05) is 35.9 Å². The summed E-state index contributed by atoms with van der Waals surface area (Å²) in [5, 5.41) is 0. The quantitative estimate of drug-likeness (QED) is 0.187. The Kier molecular flexibility index (Phi) is 8.48. The maximum Gasteiger partial charge on any atom is 0.316 e. The van der Waals surface area contributed by atoms with Crippen LogP contribution in [0.4, 0.5) is 5.82 Å². The van der Waals surface area contributed by atoms with Gasteiger partial charge in [-0.05, 0) is 36.4 Å². The number of ether oxygens (including phenoxy) is 4. The molecule has 0 spiro atoms. The lowest BCUT2D eigenvalue weighted by molar-refractivity contribution is 0.174. The zero-order valence-corrected chi connectivity index (χ0v) is 23.3. The second-order valence-electron chi connectivity index (χ2n) is 8.49. The highest BCUT2D eigenvalue weighted by atomic mass is 32.2. The summed E-state index contributed by atoms with van der Waals surface area (Å²) in [5.41, 5.74) is 2.80. The predicted octanol–water partition coefficient (Wildman–Crippen LogP) is 3.60. The number of thioether (sulfide) groups is 1. The summed E-state index contributed by atoms with van der Waals surface area (Å²) in [6.45, 7) is 2.37. The molecule has 1 aliphatic heterocycles. The van der Waals surface area contributed by atoms with Gasteiger partial charge < -0.3 is 18.9 Å². The summed E-state index contributed by atoms with van der Waals surface area (Å²) in [6, 6.07) is 12.9. The Balaban J connectivity index is 1.30. The first-order valence-corrected chi connectivity index (χ1v) is 14.8. The minimum absolute atomic E-state index is 0.0254. The molecule has 0 saturated carbocycles. The first-order chi connectivity index (χ1) is 19.4. The van der Waals surface area contributed by atoms with Crippen molar-refractivity contribution >= 4 is 27.8 Å². The topological polar surface area (TPSA) is 147 Å². The third kappa shape index (κ3) is 6.89. The van der Waals surface area contributed by atoms with Crippen LogP contribution in [-0.2, 0) is 16.8 Å². The largest absolute Gasteiger partial charge is 0.473 e.